The Hall–Kier alpha value is -2.72. The Bertz CT molecular complexity index is 1100. The molecular formula is C25H35N5O3S. The number of hydrogen-bond donors (Lipinski definition) is 5. The molecule has 8 nitrogen and oxygen atoms in total. The number of phenols is 1. The summed E-state index contributed by atoms with van der Waals surface area (Å²) < 4.78 is 0. The van der Waals surface area contributed by atoms with E-state index in [-0.39, 0.29) is 5.75 Å². The summed E-state index contributed by atoms with van der Waals surface area (Å²) in [6.07, 6.45) is 3.95. The van der Waals surface area contributed by atoms with Gasteiger partial charge in [0, 0.05) is 31.1 Å². The molecule has 0 bridgehead atoms. The number of aliphatic hydroxyl groups excluding tert-OH is 1. The molecule has 0 saturated carbocycles. The number of rotatable bonds is 8. The van der Waals surface area contributed by atoms with Gasteiger partial charge in [-0.1, -0.05) is 25.5 Å². The molecule has 7 N–H and O–H groups in total. The van der Waals surface area contributed by atoms with Gasteiger partial charge in [-0.3, -0.25) is 4.79 Å². The maximum absolute atomic E-state index is 11.4. The van der Waals surface area contributed by atoms with Crippen molar-refractivity contribution < 1.29 is 15.0 Å². The zero-order valence-corrected chi connectivity index (χ0v) is 20.6. The lowest BCUT2D eigenvalue weighted by Crippen LogP contribution is -2.44. The lowest BCUT2D eigenvalue weighted by Gasteiger charge is -2.34. The van der Waals surface area contributed by atoms with Crippen LogP contribution >= 0.6 is 11.3 Å². The number of aliphatic hydroxyl groups is 1. The third kappa shape index (κ3) is 5.85. The largest absolute Gasteiger partial charge is 0.508 e. The molecule has 4 rings (SSSR count). The number of nitrogens with zero attached hydrogens (tertiary/aromatic N) is 2. The first-order valence-electron chi connectivity index (χ1n) is 11.7. The van der Waals surface area contributed by atoms with Crippen LogP contribution in [-0.4, -0.2) is 54.2 Å². The molecule has 1 aromatic carbocycles. The molecule has 1 saturated heterocycles. The van der Waals surface area contributed by atoms with E-state index in [4.69, 9.17) is 10.7 Å². The number of aromatic nitrogens is 1. The first kappa shape index (κ1) is 25.9. The van der Waals surface area contributed by atoms with Crippen LogP contribution in [0.1, 0.15) is 53.1 Å². The number of nitrogens with one attached hydrogen (secondary N) is 1. The summed E-state index contributed by atoms with van der Waals surface area (Å²) in [5.41, 5.74) is 13.1. The van der Waals surface area contributed by atoms with Crippen LogP contribution in [0.5, 0.6) is 5.75 Å². The van der Waals surface area contributed by atoms with Crippen LogP contribution in [-0.2, 0) is 6.42 Å². The van der Waals surface area contributed by atoms with Crippen LogP contribution in [0, 0.1) is 0 Å². The fraction of sp³-hybridized carbons (Fsp3) is 0.440. The summed E-state index contributed by atoms with van der Waals surface area (Å²) in [4.78, 5) is 19.9. The number of aldehydes is 1. The topological polar surface area (TPSA) is 138 Å². The van der Waals surface area contributed by atoms with E-state index in [1.54, 1.807) is 18.2 Å². The molecule has 0 amide bonds. The number of anilines is 2. The fourth-order valence-corrected chi connectivity index (χ4v) is 5.31. The van der Waals surface area contributed by atoms with E-state index in [1.807, 2.05) is 6.07 Å². The highest BCUT2D eigenvalue weighted by atomic mass is 32.1. The molecule has 9 heteroatoms. The predicted octanol–water partition coefficient (Wildman–Crippen LogP) is 3.22. The van der Waals surface area contributed by atoms with Gasteiger partial charge in [-0.2, -0.15) is 0 Å². The lowest BCUT2D eigenvalue weighted by molar-refractivity contribution is 0.112. The van der Waals surface area contributed by atoms with Crippen molar-refractivity contribution >= 4 is 39.3 Å². The fourth-order valence-electron chi connectivity index (χ4n) is 4.36. The Labute approximate surface area is 204 Å². The number of hydrogen-bond acceptors (Lipinski definition) is 9. The van der Waals surface area contributed by atoms with Crippen LogP contribution < -0.4 is 21.7 Å². The number of fused-ring (bicyclic) bond motifs is 1. The number of phenolic OH excluding ortho intramolecular Hbond substituents is 1. The van der Waals surface area contributed by atoms with E-state index in [1.165, 1.54) is 18.4 Å². The molecule has 1 aliphatic rings. The summed E-state index contributed by atoms with van der Waals surface area (Å²) in [7, 11) is 1.50. The molecule has 0 aliphatic carbocycles. The SMILES string of the molecule is CCCc1cc(N2CCC(NCC(O)c3cccc(O)c3)CC2)nc2sc(C=O)c(N)c12.CN. The molecule has 1 unspecified atom stereocenters. The number of benzene rings is 1. The second-order valence-corrected chi connectivity index (χ2v) is 9.38. The van der Waals surface area contributed by atoms with Crippen LogP contribution in [0.15, 0.2) is 30.3 Å². The number of aromatic hydroxyl groups is 1. The first-order chi connectivity index (χ1) is 16.5. The molecule has 1 fully saturated rings. The number of thiophene rings is 1. The van der Waals surface area contributed by atoms with E-state index in [0.29, 0.717) is 28.7 Å². The summed E-state index contributed by atoms with van der Waals surface area (Å²) in [6.45, 7) is 4.32. The van der Waals surface area contributed by atoms with E-state index >= 15 is 0 Å². The Morgan fingerprint density at radius 3 is 2.68 bits per heavy atom. The highest BCUT2D eigenvalue weighted by Gasteiger charge is 2.23. The lowest BCUT2D eigenvalue weighted by atomic mass is 10.0. The number of nitrogens with two attached hydrogens (primary N) is 2. The average molecular weight is 486 g/mol. The van der Waals surface area contributed by atoms with Crippen molar-refractivity contribution in [3.63, 3.8) is 0 Å². The van der Waals surface area contributed by atoms with Crippen molar-refractivity contribution in [2.75, 3.05) is 37.3 Å². The minimum Gasteiger partial charge on any atom is -0.508 e. The monoisotopic (exact) mass is 485 g/mol. The summed E-state index contributed by atoms with van der Waals surface area (Å²) in [5, 5.41) is 24.4. The van der Waals surface area contributed by atoms with Crippen LogP contribution in [0.4, 0.5) is 11.5 Å². The number of aryl methyl sites for hydroxylation is 1. The summed E-state index contributed by atoms with van der Waals surface area (Å²) in [6, 6.07) is 9.19. The molecule has 1 aliphatic heterocycles. The third-order valence-electron chi connectivity index (χ3n) is 6.10. The van der Waals surface area contributed by atoms with E-state index in [9.17, 15) is 15.0 Å². The minimum atomic E-state index is -0.655. The highest BCUT2D eigenvalue weighted by Crippen LogP contribution is 2.37. The number of pyridine rings is 1. The molecule has 0 radical (unpaired) electrons. The second kappa shape index (κ2) is 12.1. The Morgan fingerprint density at radius 1 is 1.29 bits per heavy atom. The molecule has 3 aromatic rings. The Morgan fingerprint density at radius 2 is 2.03 bits per heavy atom. The molecule has 3 heterocycles. The average Bonchev–Trinajstić information content (AvgIpc) is 3.20. The van der Waals surface area contributed by atoms with Gasteiger partial charge in [-0.05, 0) is 55.6 Å². The van der Waals surface area contributed by atoms with Gasteiger partial charge in [-0.15, -0.1) is 11.3 Å². The zero-order chi connectivity index (χ0) is 24.7. The molecule has 2 aromatic heterocycles. The number of carbonyl (C=O) groups excluding carboxylic acids is 1. The Kier molecular flexibility index (Phi) is 9.23. The van der Waals surface area contributed by atoms with E-state index in [0.717, 1.165) is 66.7 Å². The molecular weight excluding hydrogens is 450 g/mol. The molecule has 0 spiro atoms. The standard InChI is InChI=1S/C24H30N4O3S.CH5N/c1-2-4-16-12-21(27-24-22(16)23(25)20(14-29)32-24)28-9-7-17(8-10-28)26-13-19(31)15-5-3-6-18(30)11-15;1-2/h3,5-6,11-12,14,17,19,26,30-31H,2,4,7-10,13,25H2,1H3;2H2,1H3. The predicted molar refractivity (Wildman–Crippen MR) is 140 cm³/mol. The molecule has 184 valence electrons. The van der Waals surface area contributed by atoms with Gasteiger partial charge >= 0.3 is 0 Å². The van der Waals surface area contributed by atoms with Crippen molar-refractivity contribution in [3.8, 4) is 5.75 Å². The summed E-state index contributed by atoms with van der Waals surface area (Å²) >= 11 is 1.36. The first-order valence-corrected chi connectivity index (χ1v) is 12.5. The maximum atomic E-state index is 11.4. The number of nitrogen functional groups attached to an aromatic ring is 1. The van der Waals surface area contributed by atoms with Crippen molar-refractivity contribution in [1.29, 1.82) is 0 Å². The number of carbonyl (C=O) groups is 1. The molecule has 34 heavy (non-hydrogen) atoms. The minimum absolute atomic E-state index is 0.162. The molecule has 1 atom stereocenters. The van der Waals surface area contributed by atoms with Crippen molar-refractivity contribution in [3.05, 3.63) is 46.3 Å². The van der Waals surface area contributed by atoms with Gasteiger partial charge in [0.15, 0.2) is 6.29 Å². The second-order valence-electron chi connectivity index (χ2n) is 8.35. The van der Waals surface area contributed by atoms with Gasteiger partial charge in [0.2, 0.25) is 0 Å². The smallest absolute Gasteiger partial charge is 0.162 e. The van der Waals surface area contributed by atoms with Crippen molar-refractivity contribution in [2.45, 2.75) is 44.8 Å². The quantitative estimate of drug-likeness (QED) is 0.307. The van der Waals surface area contributed by atoms with Crippen molar-refractivity contribution in [2.24, 2.45) is 5.73 Å². The summed E-state index contributed by atoms with van der Waals surface area (Å²) in [5.74, 6) is 1.10. The Balaban J connectivity index is 0.00000158. The van der Waals surface area contributed by atoms with Crippen LogP contribution in [0.2, 0.25) is 0 Å². The highest BCUT2D eigenvalue weighted by molar-refractivity contribution is 7.20. The maximum Gasteiger partial charge on any atom is 0.162 e. The third-order valence-corrected chi connectivity index (χ3v) is 7.12. The van der Waals surface area contributed by atoms with Crippen LogP contribution in [0.25, 0.3) is 10.2 Å². The van der Waals surface area contributed by atoms with Gasteiger partial charge in [-0.25, -0.2) is 4.98 Å². The van der Waals surface area contributed by atoms with Gasteiger partial charge in [0.05, 0.1) is 16.7 Å². The van der Waals surface area contributed by atoms with Crippen molar-refractivity contribution in [1.82, 2.24) is 10.3 Å². The van der Waals surface area contributed by atoms with E-state index in [2.05, 4.69) is 28.9 Å². The van der Waals surface area contributed by atoms with Crippen LogP contribution in [0.3, 0.4) is 0 Å². The van der Waals surface area contributed by atoms with Gasteiger partial charge in [0.1, 0.15) is 16.4 Å². The normalized spacial score (nSPS) is 15.1. The van der Waals surface area contributed by atoms with Gasteiger partial charge in [0.25, 0.3) is 0 Å². The zero-order valence-electron chi connectivity index (χ0n) is 19.8. The van der Waals surface area contributed by atoms with Gasteiger partial charge < -0.3 is 31.9 Å². The number of piperidine rings is 1. The van der Waals surface area contributed by atoms with E-state index < -0.39 is 6.10 Å².